The van der Waals surface area contributed by atoms with Crippen molar-refractivity contribution in [3.63, 3.8) is 0 Å². The van der Waals surface area contributed by atoms with E-state index in [-0.39, 0.29) is 5.69 Å². The average molecular weight is 232 g/mol. The number of hydrogen-bond donors (Lipinski definition) is 1. The highest BCUT2D eigenvalue weighted by molar-refractivity contribution is 5.92. The smallest absolute Gasteiger partial charge is 0.354 e. The molecule has 0 bridgehead atoms. The van der Waals surface area contributed by atoms with Crippen molar-refractivity contribution in [3.05, 3.63) is 29.3 Å². The van der Waals surface area contributed by atoms with E-state index in [4.69, 9.17) is 5.11 Å². The lowest BCUT2D eigenvalue weighted by Crippen LogP contribution is -2.08. The molecule has 0 aliphatic heterocycles. The summed E-state index contributed by atoms with van der Waals surface area (Å²) in [6.07, 6.45) is 1.47. The third-order valence-electron chi connectivity index (χ3n) is 2.36. The van der Waals surface area contributed by atoms with E-state index >= 15 is 0 Å². The molecule has 0 aliphatic rings. The first-order chi connectivity index (χ1) is 7.99. The van der Waals surface area contributed by atoms with Gasteiger partial charge in [0.1, 0.15) is 0 Å². The van der Waals surface area contributed by atoms with Gasteiger partial charge in [0.25, 0.3) is 0 Å². The molecular weight excluding hydrogens is 220 g/mol. The molecule has 0 fully saturated rings. The number of aryl methyl sites for hydroxylation is 3. The molecule has 0 radical (unpaired) electrons. The number of aromatic nitrogens is 4. The Balaban J connectivity index is 2.64. The summed E-state index contributed by atoms with van der Waals surface area (Å²) in [7, 11) is 1.58. The summed E-state index contributed by atoms with van der Waals surface area (Å²) in [5.74, 6) is -0.643. The number of carboxylic acids is 1. The van der Waals surface area contributed by atoms with Gasteiger partial charge in [0, 0.05) is 18.4 Å². The maximum atomic E-state index is 11.1. The summed E-state index contributed by atoms with van der Waals surface area (Å²) in [6, 6.07) is 1.83. The van der Waals surface area contributed by atoms with Crippen LogP contribution in [0.25, 0.3) is 11.4 Å². The highest BCUT2D eigenvalue weighted by atomic mass is 16.4. The summed E-state index contributed by atoms with van der Waals surface area (Å²) in [5.41, 5.74) is 2.13. The van der Waals surface area contributed by atoms with Crippen LogP contribution in [-0.4, -0.2) is 30.8 Å². The molecule has 0 spiro atoms. The molecule has 2 aromatic rings. The van der Waals surface area contributed by atoms with Crippen molar-refractivity contribution in [2.45, 2.75) is 13.8 Å². The van der Waals surface area contributed by atoms with E-state index in [1.165, 1.54) is 10.9 Å². The molecule has 2 rings (SSSR count). The second-order valence-electron chi connectivity index (χ2n) is 3.81. The first-order valence-corrected chi connectivity index (χ1v) is 5.07. The molecule has 2 heterocycles. The van der Waals surface area contributed by atoms with E-state index in [1.807, 2.05) is 19.9 Å². The largest absolute Gasteiger partial charge is 0.477 e. The van der Waals surface area contributed by atoms with Crippen LogP contribution in [0.4, 0.5) is 0 Å². The Morgan fingerprint density at radius 2 is 1.88 bits per heavy atom. The van der Waals surface area contributed by atoms with Gasteiger partial charge in [-0.25, -0.2) is 14.8 Å². The Morgan fingerprint density at radius 3 is 2.41 bits per heavy atom. The molecular formula is C11H12N4O2. The minimum atomic E-state index is -1.04. The van der Waals surface area contributed by atoms with E-state index in [0.29, 0.717) is 11.4 Å². The van der Waals surface area contributed by atoms with Crippen LogP contribution in [0.1, 0.15) is 21.9 Å². The predicted octanol–water partition coefficient (Wildman–Crippen LogP) is 1.19. The Labute approximate surface area is 98.0 Å². The molecule has 88 valence electrons. The predicted molar refractivity (Wildman–Crippen MR) is 60.7 cm³/mol. The van der Waals surface area contributed by atoms with Crippen molar-refractivity contribution in [2.24, 2.45) is 7.05 Å². The molecule has 0 atom stereocenters. The highest BCUT2D eigenvalue weighted by Crippen LogP contribution is 2.20. The minimum absolute atomic E-state index is 0.0926. The van der Waals surface area contributed by atoms with Gasteiger partial charge in [-0.15, -0.1) is 0 Å². The van der Waals surface area contributed by atoms with Crippen molar-refractivity contribution >= 4 is 5.97 Å². The molecule has 1 N–H and O–H groups in total. The van der Waals surface area contributed by atoms with Gasteiger partial charge in [-0.1, -0.05) is 0 Å². The molecule has 17 heavy (non-hydrogen) atoms. The Bertz CT molecular complexity index is 569. The first-order valence-electron chi connectivity index (χ1n) is 5.07. The zero-order valence-electron chi connectivity index (χ0n) is 9.80. The summed E-state index contributed by atoms with van der Waals surface area (Å²) in [5, 5.41) is 13.0. The van der Waals surface area contributed by atoms with E-state index in [9.17, 15) is 4.79 Å². The number of carbonyl (C=O) groups is 1. The summed E-state index contributed by atoms with van der Waals surface area (Å²) in [6.45, 7) is 3.68. The number of hydrogen-bond acceptors (Lipinski definition) is 4. The maximum absolute atomic E-state index is 11.1. The lowest BCUT2D eigenvalue weighted by Gasteiger charge is -2.03. The quantitative estimate of drug-likeness (QED) is 0.841. The van der Waals surface area contributed by atoms with Gasteiger partial charge >= 0.3 is 5.97 Å². The van der Waals surface area contributed by atoms with Crippen LogP contribution >= 0.6 is 0 Å². The van der Waals surface area contributed by atoms with Gasteiger partial charge in [0.15, 0.2) is 11.5 Å². The van der Waals surface area contributed by atoms with Crippen molar-refractivity contribution in [1.82, 2.24) is 19.7 Å². The molecule has 0 saturated carbocycles. The highest BCUT2D eigenvalue weighted by Gasteiger charge is 2.19. The second kappa shape index (κ2) is 3.97. The van der Waals surface area contributed by atoms with Crippen LogP contribution in [0, 0.1) is 13.8 Å². The fraction of sp³-hybridized carbons (Fsp3) is 0.273. The first kappa shape index (κ1) is 11.3. The molecule has 2 aromatic heterocycles. The van der Waals surface area contributed by atoms with Gasteiger partial charge in [0.2, 0.25) is 0 Å². The Kier molecular flexibility index (Phi) is 2.63. The molecule has 0 saturated heterocycles. The third kappa shape index (κ3) is 2.01. The topological polar surface area (TPSA) is 80.9 Å². The zero-order valence-corrected chi connectivity index (χ0v) is 9.80. The lowest BCUT2D eigenvalue weighted by atomic mass is 10.2. The molecule has 0 aromatic carbocycles. The Morgan fingerprint density at radius 1 is 1.29 bits per heavy atom. The minimum Gasteiger partial charge on any atom is -0.477 e. The van der Waals surface area contributed by atoms with Crippen LogP contribution in [0.5, 0.6) is 0 Å². The van der Waals surface area contributed by atoms with Crippen LogP contribution in [0.15, 0.2) is 12.3 Å². The number of carboxylic acid groups (broad SMARTS) is 1. The zero-order chi connectivity index (χ0) is 12.6. The van der Waals surface area contributed by atoms with Crippen LogP contribution < -0.4 is 0 Å². The molecule has 0 unspecified atom stereocenters. The van der Waals surface area contributed by atoms with Gasteiger partial charge in [-0.3, -0.25) is 4.68 Å². The fourth-order valence-electron chi connectivity index (χ4n) is 1.70. The molecule has 6 heteroatoms. The van der Waals surface area contributed by atoms with Gasteiger partial charge < -0.3 is 5.11 Å². The third-order valence-corrected chi connectivity index (χ3v) is 2.36. The van der Waals surface area contributed by atoms with E-state index < -0.39 is 5.97 Å². The van der Waals surface area contributed by atoms with Crippen LogP contribution in [-0.2, 0) is 7.05 Å². The summed E-state index contributed by atoms with van der Waals surface area (Å²) >= 11 is 0. The van der Waals surface area contributed by atoms with E-state index in [2.05, 4.69) is 15.1 Å². The Hall–Kier alpha value is -2.24. The summed E-state index contributed by atoms with van der Waals surface area (Å²) in [4.78, 5) is 19.6. The van der Waals surface area contributed by atoms with Crippen molar-refractivity contribution in [3.8, 4) is 11.4 Å². The van der Waals surface area contributed by atoms with Gasteiger partial charge in [-0.2, -0.15) is 5.10 Å². The van der Waals surface area contributed by atoms with Gasteiger partial charge in [-0.05, 0) is 19.9 Å². The van der Waals surface area contributed by atoms with E-state index in [0.717, 1.165) is 11.4 Å². The van der Waals surface area contributed by atoms with Crippen LogP contribution in [0.3, 0.4) is 0 Å². The standard InChI is InChI=1S/C11H12N4O2/c1-6-4-7(2)14-10(13-6)8-5-12-15(3)9(8)11(16)17/h4-5H,1-3H3,(H,16,17). The van der Waals surface area contributed by atoms with Crippen molar-refractivity contribution in [1.29, 1.82) is 0 Å². The van der Waals surface area contributed by atoms with Crippen molar-refractivity contribution in [2.75, 3.05) is 0 Å². The average Bonchev–Trinajstić information content (AvgIpc) is 2.58. The molecule has 6 nitrogen and oxygen atoms in total. The molecule has 0 aliphatic carbocycles. The number of rotatable bonds is 2. The fourth-order valence-corrected chi connectivity index (χ4v) is 1.70. The van der Waals surface area contributed by atoms with Gasteiger partial charge in [0.05, 0.1) is 11.8 Å². The lowest BCUT2D eigenvalue weighted by molar-refractivity contribution is 0.0686. The monoisotopic (exact) mass is 232 g/mol. The van der Waals surface area contributed by atoms with E-state index in [1.54, 1.807) is 7.05 Å². The maximum Gasteiger partial charge on any atom is 0.354 e. The SMILES string of the molecule is Cc1cc(C)nc(-c2cnn(C)c2C(=O)O)n1. The number of nitrogens with zero attached hydrogens (tertiary/aromatic N) is 4. The number of aromatic carboxylic acids is 1. The normalized spacial score (nSPS) is 10.5. The second-order valence-corrected chi connectivity index (χ2v) is 3.81. The summed E-state index contributed by atoms with van der Waals surface area (Å²) < 4.78 is 1.30. The molecule has 0 amide bonds. The van der Waals surface area contributed by atoms with Crippen molar-refractivity contribution < 1.29 is 9.90 Å². The van der Waals surface area contributed by atoms with Crippen LogP contribution in [0.2, 0.25) is 0 Å².